The van der Waals surface area contributed by atoms with Gasteiger partial charge in [-0.25, -0.2) is 0 Å². The lowest BCUT2D eigenvalue weighted by molar-refractivity contribution is -0.109. The van der Waals surface area contributed by atoms with Gasteiger partial charge in [-0.2, -0.15) is 0 Å². The highest BCUT2D eigenvalue weighted by molar-refractivity contribution is 5.57. The molecule has 0 amide bonds. The van der Waals surface area contributed by atoms with Crippen molar-refractivity contribution in [3.63, 3.8) is 0 Å². The number of likely N-dealkylation sites (N-methyl/N-ethyl adjacent to an activating group) is 1. The summed E-state index contributed by atoms with van der Waals surface area (Å²) in [5.41, 5.74) is 0. The third-order valence-electron chi connectivity index (χ3n) is 3.50. The van der Waals surface area contributed by atoms with Crippen LogP contribution in [0.5, 0.6) is 0 Å². The fraction of sp³-hybridized carbons (Fsp3) is 0.857. The Kier molecular flexibility index (Phi) is 11.3. The zero-order chi connectivity index (χ0) is 13.8. The molecule has 0 saturated heterocycles. The van der Waals surface area contributed by atoms with Crippen molar-refractivity contribution in [1.29, 1.82) is 0 Å². The number of hydrogen-bond donors (Lipinski definition) is 3. The van der Waals surface area contributed by atoms with E-state index >= 15 is 0 Å². The first kappa shape index (κ1) is 17.6. The highest BCUT2D eigenvalue weighted by Crippen LogP contribution is 2.10. The second-order valence-electron chi connectivity index (χ2n) is 4.84. The Morgan fingerprint density at radius 3 is 2.22 bits per heavy atom. The maximum absolute atomic E-state index is 10.7. The van der Waals surface area contributed by atoms with Crippen LogP contribution in [0.15, 0.2) is 0 Å². The molecule has 3 unspecified atom stereocenters. The van der Waals surface area contributed by atoms with Crippen molar-refractivity contribution in [2.24, 2.45) is 0 Å². The summed E-state index contributed by atoms with van der Waals surface area (Å²) in [7, 11) is 5.83. The fourth-order valence-corrected chi connectivity index (χ4v) is 1.96. The quantitative estimate of drug-likeness (QED) is 0.458. The van der Waals surface area contributed by atoms with Crippen LogP contribution in [0.1, 0.15) is 39.0 Å². The van der Waals surface area contributed by atoms with Gasteiger partial charge < -0.3 is 20.7 Å². The van der Waals surface area contributed by atoms with Crippen LogP contribution in [0.4, 0.5) is 0 Å². The molecule has 0 aromatic rings. The van der Waals surface area contributed by atoms with Crippen molar-refractivity contribution in [1.82, 2.24) is 16.0 Å². The Labute approximate surface area is 112 Å². The molecule has 0 aromatic heterocycles. The molecule has 0 saturated carbocycles. The molecule has 0 rings (SSSR count). The van der Waals surface area contributed by atoms with Gasteiger partial charge in [0.15, 0.2) is 0 Å². The zero-order valence-electron chi connectivity index (χ0n) is 12.3. The van der Waals surface area contributed by atoms with E-state index in [4.69, 9.17) is 0 Å². The number of carbonyl (C=O) groups is 1. The molecule has 3 N–H and O–H groups in total. The average Bonchev–Trinajstić information content (AvgIpc) is 2.41. The summed E-state index contributed by atoms with van der Waals surface area (Å²) in [6.07, 6.45) is 8.73. The molecule has 1 radical (unpaired) electrons. The van der Waals surface area contributed by atoms with Crippen LogP contribution in [0.2, 0.25) is 0 Å². The molecule has 0 fully saturated rings. The zero-order valence-corrected chi connectivity index (χ0v) is 12.3. The summed E-state index contributed by atoms with van der Waals surface area (Å²) < 4.78 is 0. The lowest BCUT2D eigenvalue weighted by Crippen LogP contribution is -2.29. The van der Waals surface area contributed by atoms with Crippen molar-refractivity contribution in [2.45, 2.75) is 57.2 Å². The summed E-state index contributed by atoms with van der Waals surface area (Å²) in [4.78, 5) is 10.7. The van der Waals surface area contributed by atoms with E-state index < -0.39 is 0 Å². The number of rotatable bonds is 12. The van der Waals surface area contributed by atoms with E-state index in [1.54, 1.807) is 0 Å². The van der Waals surface area contributed by atoms with Gasteiger partial charge in [-0.1, -0.05) is 0 Å². The monoisotopic (exact) mass is 256 g/mol. The van der Waals surface area contributed by atoms with Gasteiger partial charge in [0.25, 0.3) is 0 Å². The van der Waals surface area contributed by atoms with Gasteiger partial charge in [0.05, 0.1) is 6.04 Å². The third kappa shape index (κ3) is 8.61. The first-order valence-electron chi connectivity index (χ1n) is 6.98. The summed E-state index contributed by atoms with van der Waals surface area (Å²) in [6, 6.07) is 1.04. The molecule has 0 heterocycles. The van der Waals surface area contributed by atoms with E-state index in [-0.39, 0.29) is 6.04 Å². The fourth-order valence-electron chi connectivity index (χ4n) is 1.96. The van der Waals surface area contributed by atoms with Crippen molar-refractivity contribution in [3.05, 3.63) is 6.42 Å². The average molecular weight is 256 g/mol. The minimum Gasteiger partial charge on any atom is -0.317 e. The Balaban J connectivity index is 3.66. The van der Waals surface area contributed by atoms with E-state index in [1.165, 1.54) is 0 Å². The lowest BCUT2D eigenvalue weighted by atomic mass is 10.0. The number of hydrogen-bond acceptors (Lipinski definition) is 4. The maximum atomic E-state index is 10.7. The van der Waals surface area contributed by atoms with Crippen molar-refractivity contribution in [3.8, 4) is 0 Å². The maximum Gasteiger partial charge on any atom is 0.136 e. The first-order chi connectivity index (χ1) is 8.67. The highest BCUT2D eigenvalue weighted by atomic mass is 16.1. The van der Waals surface area contributed by atoms with Crippen LogP contribution < -0.4 is 16.0 Å². The first-order valence-corrected chi connectivity index (χ1v) is 6.98. The van der Waals surface area contributed by atoms with E-state index in [0.29, 0.717) is 12.1 Å². The standard InChI is InChI=1S/C14H30N3O/c1-12(15-2)7-5-8-13(16-3)9-6-10-14(11-18)17-4/h7,11-17H,5-6,8-10H2,1-4H3. The van der Waals surface area contributed by atoms with Crippen LogP contribution >= 0.6 is 0 Å². The summed E-state index contributed by atoms with van der Waals surface area (Å²) in [5.74, 6) is 0. The van der Waals surface area contributed by atoms with E-state index in [0.717, 1.165) is 38.4 Å². The number of nitrogens with one attached hydrogen (secondary N) is 3. The molecule has 18 heavy (non-hydrogen) atoms. The molecular weight excluding hydrogens is 226 g/mol. The predicted molar refractivity (Wildman–Crippen MR) is 77.7 cm³/mol. The minimum absolute atomic E-state index is 0.0124. The molecule has 107 valence electrons. The van der Waals surface area contributed by atoms with Crippen LogP contribution in [0.25, 0.3) is 0 Å². The van der Waals surface area contributed by atoms with Crippen molar-refractivity contribution in [2.75, 3.05) is 21.1 Å². The third-order valence-corrected chi connectivity index (χ3v) is 3.50. The van der Waals surface area contributed by atoms with Gasteiger partial charge in [0.2, 0.25) is 0 Å². The van der Waals surface area contributed by atoms with E-state index in [2.05, 4.69) is 29.3 Å². The lowest BCUT2D eigenvalue weighted by Gasteiger charge is -2.18. The predicted octanol–water partition coefficient (Wildman–Crippen LogP) is 1.12. The van der Waals surface area contributed by atoms with Crippen molar-refractivity contribution >= 4 is 6.29 Å². The molecule has 0 aromatic carbocycles. The van der Waals surface area contributed by atoms with Gasteiger partial charge in [-0.3, -0.25) is 0 Å². The number of carbonyl (C=O) groups excluding carboxylic acids is 1. The van der Waals surface area contributed by atoms with Crippen LogP contribution in [0.3, 0.4) is 0 Å². The van der Waals surface area contributed by atoms with E-state index in [9.17, 15) is 4.79 Å². The summed E-state index contributed by atoms with van der Waals surface area (Å²) >= 11 is 0. The molecule has 4 heteroatoms. The van der Waals surface area contributed by atoms with Gasteiger partial charge >= 0.3 is 0 Å². The largest absolute Gasteiger partial charge is 0.317 e. The molecule has 3 atom stereocenters. The second kappa shape index (κ2) is 11.6. The Morgan fingerprint density at radius 1 is 1.00 bits per heavy atom. The summed E-state index contributed by atoms with van der Waals surface area (Å²) in [5, 5.41) is 9.57. The topological polar surface area (TPSA) is 53.2 Å². The van der Waals surface area contributed by atoms with Crippen LogP contribution in [-0.2, 0) is 4.79 Å². The normalized spacial score (nSPS) is 16.2. The molecule has 0 spiro atoms. The SMILES string of the molecule is CNC(C)[CH]CCC(CCCC(C=O)NC)NC. The second-order valence-corrected chi connectivity index (χ2v) is 4.84. The number of aldehydes is 1. The highest BCUT2D eigenvalue weighted by Gasteiger charge is 2.09. The Morgan fingerprint density at radius 2 is 1.72 bits per heavy atom. The van der Waals surface area contributed by atoms with Gasteiger partial charge in [-0.15, -0.1) is 0 Å². The molecule has 0 aliphatic rings. The molecular formula is C14H30N3O. The molecule has 0 aliphatic carbocycles. The van der Waals surface area contributed by atoms with Gasteiger partial charge in [0, 0.05) is 12.1 Å². The Bertz CT molecular complexity index is 199. The summed E-state index contributed by atoms with van der Waals surface area (Å²) in [6.45, 7) is 2.16. The van der Waals surface area contributed by atoms with E-state index in [1.807, 2.05) is 21.1 Å². The molecule has 4 nitrogen and oxygen atoms in total. The van der Waals surface area contributed by atoms with Crippen molar-refractivity contribution < 1.29 is 4.79 Å². The smallest absolute Gasteiger partial charge is 0.136 e. The van der Waals surface area contributed by atoms with Gasteiger partial charge in [-0.05, 0) is 66.6 Å². The Hall–Kier alpha value is -0.450. The molecule has 0 bridgehead atoms. The van der Waals surface area contributed by atoms with Crippen LogP contribution in [-0.4, -0.2) is 45.6 Å². The van der Waals surface area contributed by atoms with Gasteiger partial charge in [0.1, 0.15) is 6.29 Å². The van der Waals surface area contributed by atoms with Crippen LogP contribution in [0, 0.1) is 6.42 Å². The molecule has 0 aliphatic heterocycles. The minimum atomic E-state index is 0.0124.